The van der Waals surface area contributed by atoms with Gasteiger partial charge in [-0.3, -0.25) is 14.9 Å². The highest BCUT2D eigenvalue weighted by molar-refractivity contribution is 7.16. The summed E-state index contributed by atoms with van der Waals surface area (Å²) in [6.45, 7) is 5.93. The van der Waals surface area contributed by atoms with Crippen LogP contribution in [0.4, 0.5) is 5.00 Å². The van der Waals surface area contributed by atoms with Crippen LogP contribution in [0.25, 0.3) is 0 Å². The summed E-state index contributed by atoms with van der Waals surface area (Å²) in [5.74, 6) is 0.632. The van der Waals surface area contributed by atoms with Crippen LogP contribution in [-0.4, -0.2) is 23.7 Å². The van der Waals surface area contributed by atoms with Gasteiger partial charge in [-0.2, -0.15) is 5.10 Å². The van der Waals surface area contributed by atoms with E-state index in [1.165, 1.54) is 12.3 Å². The lowest BCUT2D eigenvalue weighted by molar-refractivity contribution is -0.380. The second-order valence-corrected chi connectivity index (χ2v) is 6.79. The molecule has 0 atom stereocenters. The van der Waals surface area contributed by atoms with E-state index in [4.69, 9.17) is 4.74 Å². The van der Waals surface area contributed by atoms with Crippen molar-refractivity contribution >= 4 is 28.5 Å². The summed E-state index contributed by atoms with van der Waals surface area (Å²) >= 11 is 0.978. The topological polar surface area (TPSA) is 93.8 Å². The number of carbonyl (C=O) groups excluding carboxylic acids is 1. The molecule has 2 rings (SSSR count). The van der Waals surface area contributed by atoms with Gasteiger partial charge in [0.05, 0.1) is 16.0 Å². The zero-order chi connectivity index (χ0) is 18.4. The zero-order valence-corrected chi connectivity index (χ0v) is 15.0. The average molecular weight is 361 g/mol. The molecule has 0 aliphatic heterocycles. The molecule has 2 aromatic rings. The Morgan fingerprint density at radius 1 is 1.40 bits per heavy atom. The summed E-state index contributed by atoms with van der Waals surface area (Å²) in [6.07, 6.45) is 1.36. The third kappa shape index (κ3) is 5.39. The van der Waals surface area contributed by atoms with E-state index in [1.54, 1.807) is 6.07 Å². The van der Waals surface area contributed by atoms with Crippen LogP contribution in [0.5, 0.6) is 5.75 Å². The quantitative estimate of drug-likeness (QED) is 0.463. The third-order valence-electron chi connectivity index (χ3n) is 3.41. The molecular weight excluding hydrogens is 342 g/mol. The molecule has 0 saturated heterocycles. The minimum Gasteiger partial charge on any atom is -0.483 e. The summed E-state index contributed by atoms with van der Waals surface area (Å²) in [6, 6.07) is 8.89. The molecule has 0 aliphatic rings. The highest BCUT2D eigenvalue weighted by Gasteiger charge is 2.09. The number of ether oxygens (including phenoxy) is 1. The highest BCUT2D eigenvalue weighted by atomic mass is 32.1. The van der Waals surface area contributed by atoms with Crippen LogP contribution in [0.1, 0.15) is 35.8 Å². The predicted octanol–water partition coefficient (Wildman–Crippen LogP) is 3.62. The molecule has 8 heteroatoms. The monoisotopic (exact) mass is 361 g/mol. The Labute approximate surface area is 149 Å². The van der Waals surface area contributed by atoms with Crippen molar-refractivity contribution in [2.75, 3.05) is 6.61 Å². The van der Waals surface area contributed by atoms with E-state index in [2.05, 4.69) is 24.4 Å². The maximum absolute atomic E-state index is 11.8. The van der Waals surface area contributed by atoms with Crippen molar-refractivity contribution in [1.82, 2.24) is 5.43 Å². The van der Waals surface area contributed by atoms with Gasteiger partial charge in [0, 0.05) is 6.07 Å². The number of hydrogen-bond acceptors (Lipinski definition) is 6. The van der Waals surface area contributed by atoms with Gasteiger partial charge in [-0.15, -0.1) is 0 Å². The number of carbonyl (C=O) groups is 1. The normalized spacial score (nSPS) is 11.0. The van der Waals surface area contributed by atoms with Crippen molar-refractivity contribution in [2.45, 2.75) is 26.7 Å². The lowest BCUT2D eigenvalue weighted by Gasteiger charge is -2.12. The second-order valence-electron chi connectivity index (χ2n) is 5.69. The minimum atomic E-state index is -0.470. The van der Waals surface area contributed by atoms with Gasteiger partial charge in [0.2, 0.25) is 0 Å². The average Bonchev–Trinajstić information content (AvgIpc) is 3.03. The zero-order valence-electron chi connectivity index (χ0n) is 14.2. The van der Waals surface area contributed by atoms with E-state index in [1.807, 2.05) is 25.1 Å². The fraction of sp³-hybridized carbons (Fsp3) is 0.294. The minimum absolute atomic E-state index is 0.0246. The number of hydrazone groups is 1. The van der Waals surface area contributed by atoms with Crippen LogP contribution in [-0.2, 0) is 4.79 Å². The Bertz CT molecular complexity index is 799. The molecule has 0 bridgehead atoms. The number of aryl methyl sites for hydroxylation is 1. The number of benzene rings is 1. The molecule has 1 amide bonds. The fourth-order valence-corrected chi connectivity index (χ4v) is 2.68. The van der Waals surface area contributed by atoms with Crippen LogP contribution in [0.15, 0.2) is 35.4 Å². The molecule has 1 N–H and O–H groups in total. The van der Waals surface area contributed by atoms with Crippen molar-refractivity contribution in [3.8, 4) is 5.75 Å². The van der Waals surface area contributed by atoms with Gasteiger partial charge >= 0.3 is 5.00 Å². The number of hydrogen-bond donors (Lipinski definition) is 1. The molecule has 0 saturated carbocycles. The summed E-state index contributed by atoms with van der Waals surface area (Å²) < 4.78 is 5.56. The summed E-state index contributed by atoms with van der Waals surface area (Å²) in [5.41, 5.74) is 4.43. The van der Waals surface area contributed by atoms with Crippen LogP contribution in [0, 0.1) is 17.0 Å². The number of thiophene rings is 1. The van der Waals surface area contributed by atoms with Crippen LogP contribution in [0.3, 0.4) is 0 Å². The number of rotatable bonds is 7. The van der Waals surface area contributed by atoms with Gasteiger partial charge in [0.1, 0.15) is 5.75 Å². The Morgan fingerprint density at radius 3 is 2.80 bits per heavy atom. The Morgan fingerprint density at radius 2 is 2.16 bits per heavy atom. The third-order valence-corrected chi connectivity index (χ3v) is 4.38. The van der Waals surface area contributed by atoms with Gasteiger partial charge in [0.15, 0.2) is 6.61 Å². The van der Waals surface area contributed by atoms with E-state index in [9.17, 15) is 14.9 Å². The van der Waals surface area contributed by atoms with Crippen LogP contribution >= 0.6 is 11.3 Å². The van der Waals surface area contributed by atoms with E-state index >= 15 is 0 Å². The Hall–Kier alpha value is -2.74. The van der Waals surface area contributed by atoms with Crippen LogP contribution in [0.2, 0.25) is 0 Å². The van der Waals surface area contributed by atoms with Crippen molar-refractivity contribution < 1.29 is 14.5 Å². The van der Waals surface area contributed by atoms with Crippen molar-refractivity contribution in [2.24, 2.45) is 5.10 Å². The van der Waals surface area contributed by atoms with Crippen molar-refractivity contribution in [3.63, 3.8) is 0 Å². The number of nitrogens with one attached hydrogen (secondary N) is 1. The predicted molar refractivity (Wildman–Crippen MR) is 97.5 cm³/mol. The molecule has 7 nitrogen and oxygen atoms in total. The second kappa shape index (κ2) is 8.39. The fourth-order valence-electron chi connectivity index (χ4n) is 1.98. The highest BCUT2D eigenvalue weighted by Crippen LogP contribution is 2.24. The molecule has 0 radical (unpaired) electrons. The Balaban J connectivity index is 1.87. The largest absolute Gasteiger partial charge is 0.483 e. The first-order chi connectivity index (χ1) is 11.9. The van der Waals surface area contributed by atoms with Gasteiger partial charge in [0.25, 0.3) is 5.91 Å². The summed E-state index contributed by atoms with van der Waals surface area (Å²) in [7, 11) is 0. The van der Waals surface area contributed by atoms with Crippen molar-refractivity contribution in [1.29, 1.82) is 0 Å². The standard InChI is InChI=1S/C17H19N3O4S/c1-11(2)13-5-4-12(3)15(8-13)24-10-16(21)19-18-9-14-6-7-17(25-14)20(22)23/h4-9,11H,10H2,1-3H3,(H,19,21)/b18-9-. The van der Waals surface area contributed by atoms with Gasteiger partial charge in [-0.1, -0.05) is 37.3 Å². The SMILES string of the molecule is Cc1ccc(C(C)C)cc1OCC(=O)N/N=C\c1ccc([N+](=O)[O-])s1. The molecule has 132 valence electrons. The maximum Gasteiger partial charge on any atom is 0.324 e. The molecule has 1 heterocycles. The number of nitro groups is 1. The summed E-state index contributed by atoms with van der Waals surface area (Å²) in [5, 5.41) is 14.4. The lowest BCUT2D eigenvalue weighted by atomic mass is 10.0. The lowest BCUT2D eigenvalue weighted by Crippen LogP contribution is -2.24. The first-order valence-corrected chi connectivity index (χ1v) is 8.48. The first-order valence-electron chi connectivity index (χ1n) is 7.66. The van der Waals surface area contributed by atoms with E-state index in [0.29, 0.717) is 16.5 Å². The van der Waals surface area contributed by atoms with Crippen molar-refractivity contribution in [3.05, 3.63) is 56.5 Å². The molecule has 0 aliphatic carbocycles. The smallest absolute Gasteiger partial charge is 0.324 e. The molecule has 0 unspecified atom stereocenters. The van der Waals surface area contributed by atoms with Gasteiger partial charge in [-0.25, -0.2) is 5.43 Å². The van der Waals surface area contributed by atoms with Crippen LogP contribution < -0.4 is 10.2 Å². The Kier molecular flexibility index (Phi) is 6.24. The van der Waals surface area contributed by atoms with E-state index in [-0.39, 0.29) is 11.6 Å². The molecule has 1 aromatic carbocycles. The maximum atomic E-state index is 11.8. The summed E-state index contributed by atoms with van der Waals surface area (Å²) in [4.78, 5) is 22.5. The van der Waals surface area contributed by atoms with Gasteiger partial charge in [-0.05, 0) is 36.1 Å². The van der Waals surface area contributed by atoms with E-state index < -0.39 is 10.8 Å². The number of nitrogens with zero attached hydrogens (tertiary/aromatic N) is 2. The number of amides is 1. The molecule has 0 fully saturated rings. The van der Waals surface area contributed by atoms with Gasteiger partial charge < -0.3 is 4.74 Å². The molecule has 25 heavy (non-hydrogen) atoms. The van der Waals surface area contributed by atoms with E-state index in [0.717, 1.165) is 22.5 Å². The molecular formula is C17H19N3O4S. The molecule has 0 spiro atoms. The molecule has 1 aromatic heterocycles. The first kappa shape index (κ1) is 18.6.